The molecular formula is C30H45FN4O4. The quantitative estimate of drug-likeness (QED) is 0.218. The van der Waals surface area contributed by atoms with E-state index in [1.165, 1.54) is 17.7 Å². The number of aliphatic hydroxyl groups excluding tert-OH is 1. The minimum absolute atomic E-state index is 0.0360. The molecule has 0 unspecified atom stereocenters. The van der Waals surface area contributed by atoms with E-state index in [9.17, 15) is 19.1 Å². The average molecular weight is 545 g/mol. The first-order chi connectivity index (χ1) is 18.8. The first-order valence-electron chi connectivity index (χ1n) is 14.1. The summed E-state index contributed by atoms with van der Waals surface area (Å²) in [6.45, 7) is 6.90. The third kappa shape index (κ3) is 13.5. The molecule has 9 heteroatoms. The zero-order valence-corrected chi connectivity index (χ0v) is 23.5. The van der Waals surface area contributed by atoms with Gasteiger partial charge in [-0.25, -0.2) is 4.39 Å². The molecule has 216 valence electrons. The minimum atomic E-state index is -0.551. The van der Waals surface area contributed by atoms with Gasteiger partial charge in [0.2, 0.25) is 11.8 Å². The van der Waals surface area contributed by atoms with Crippen LogP contribution in [0.1, 0.15) is 75.5 Å². The van der Waals surface area contributed by atoms with Crippen LogP contribution in [0.5, 0.6) is 5.75 Å². The molecule has 1 aromatic carbocycles. The van der Waals surface area contributed by atoms with Crippen molar-refractivity contribution in [3.63, 3.8) is 0 Å². The summed E-state index contributed by atoms with van der Waals surface area (Å²) in [4.78, 5) is 29.4. The number of carbonyl (C=O) groups excluding carboxylic acids is 2. The number of hydrogen-bond acceptors (Lipinski definition) is 6. The van der Waals surface area contributed by atoms with E-state index in [1.54, 1.807) is 0 Å². The highest BCUT2D eigenvalue weighted by Gasteiger charge is 2.13. The minimum Gasteiger partial charge on any atom is -0.493 e. The van der Waals surface area contributed by atoms with Gasteiger partial charge in [0.05, 0.1) is 12.7 Å². The molecule has 0 saturated carbocycles. The number of aromatic nitrogens is 1. The maximum Gasteiger partial charge on any atom is 0.222 e. The molecule has 4 N–H and O–H groups in total. The highest BCUT2D eigenvalue weighted by atomic mass is 19.1. The van der Waals surface area contributed by atoms with Gasteiger partial charge in [0.25, 0.3) is 0 Å². The molecule has 2 rings (SSSR count). The standard InChI is InChI=1S/C30H45FN4O4/c1-3-12-35(30(38)9-7-8-29(32)37)13-5-6-14-39-28-17-24(16-26(31)18-28)10-11-27(36)22-34-21-25-15-23(4-2)19-33-20-25/h15-20,27,34,36H,3-14,21-22H2,1-2H3,(H2,32,37)/t27-/m0/s1. The normalized spacial score (nSPS) is 11.8. The third-order valence-electron chi connectivity index (χ3n) is 6.42. The number of halogens is 1. The van der Waals surface area contributed by atoms with Gasteiger partial charge in [-0.2, -0.15) is 0 Å². The highest BCUT2D eigenvalue weighted by molar-refractivity contribution is 5.78. The van der Waals surface area contributed by atoms with Crippen molar-refractivity contribution >= 4 is 11.8 Å². The number of nitrogens with two attached hydrogens (primary N) is 1. The molecule has 0 aliphatic rings. The lowest BCUT2D eigenvalue weighted by Gasteiger charge is -2.22. The van der Waals surface area contributed by atoms with Crippen molar-refractivity contribution < 1.29 is 23.8 Å². The second kappa shape index (κ2) is 18.3. The van der Waals surface area contributed by atoms with Crippen molar-refractivity contribution in [3.8, 4) is 5.75 Å². The lowest BCUT2D eigenvalue weighted by molar-refractivity contribution is -0.131. The summed E-state index contributed by atoms with van der Waals surface area (Å²) in [5.41, 5.74) is 8.19. The van der Waals surface area contributed by atoms with Crippen molar-refractivity contribution in [1.29, 1.82) is 0 Å². The van der Waals surface area contributed by atoms with Crippen molar-refractivity contribution in [3.05, 3.63) is 59.2 Å². The summed E-state index contributed by atoms with van der Waals surface area (Å²) in [6, 6.07) is 6.76. The number of unbranched alkanes of at least 4 members (excludes halogenated alkanes) is 1. The number of primary amides is 1. The average Bonchev–Trinajstić information content (AvgIpc) is 2.90. The van der Waals surface area contributed by atoms with Crippen LogP contribution in [0.25, 0.3) is 0 Å². The van der Waals surface area contributed by atoms with Crippen LogP contribution in [0.2, 0.25) is 0 Å². The topological polar surface area (TPSA) is 118 Å². The molecule has 0 aliphatic carbocycles. The Morgan fingerprint density at radius 1 is 1.05 bits per heavy atom. The lowest BCUT2D eigenvalue weighted by atomic mass is 10.1. The van der Waals surface area contributed by atoms with Gasteiger partial charge in [-0.3, -0.25) is 14.6 Å². The molecule has 0 fully saturated rings. The SMILES string of the molecule is CCCN(CCCCOc1cc(F)cc(CC[C@H](O)CNCc2cncc(CC)c2)c1)C(=O)CCCC(N)=O. The molecular weight excluding hydrogens is 499 g/mol. The van der Waals surface area contributed by atoms with Crippen LogP contribution in [0.15, 0.2) is 36.7 Å². The second-order valence-corrected chi connectivity index (χ2v) is 9.93. The van der Waals surface area contributed by atoms with Crippen LogP contribution in [-0.2, 0) is 29.0 Å². The number of benzene rings is 1. The highest BCUT2D eigenvalue weighted by Crippen LogP contribution is 2.19. The van der Waals surface area contributed by atoms with Crippen LogP contribution in [0, 0.1) is 5.82 Å². The summed E-state index contributed by atoms with van der Waals surface area (Å²) < 4.78 is 20.0. The molecule has 0 saturated heterocycles. The Balaban J connectivity index is 1.70. The zero-order chi connectivity index (χ0) is 28.5. The number of ether oxygens (including phenoxy) is 1. The molecule has 8 nitrogen and oxygen atoms in total. The fourth-order valence-corrected chi connectivity index (χ4v) is 4.30. The van der Waals surface area contributed by atoms with Gasteiger partial charge in [0, 0.05) is 57.5 Å². The summed E-state index contributed by atoms with van der Waals surface area (Å²) in [5.74, 6) is -0.255. The number of nitrogens with zero attached hydrogens (tertiary/aromatic N) is 2. The molecule has 1 atom stereocenters. The van der Waals surface area contributed by atoms with Gasteiger partial charge in [-0.05, 0) is 73.8 Å². The molecule has 2 aromatic rings. The van der Waals surface area contributed by atoms with Crippen LogP contribution in [-0.4, -0.2) is 59.1 Å². The van der Waals surface area contributed by atoms with Gasteiger partial charge in [-0.1, -0.05) is 19.9 Å². The van der Waals surface area contributed by atoms with Crippen molar-refractivity contribution in [1.82, 2.24) is 15.2 Å². The monoisotopic (exact) mass is 544 g/mol. The van der Waals surface area contributed by atoms with Gasteiger partial charge in [-0.15, -0.1) is 0 Å². The number of hydrogen-bond donors (Lipinski definition) is 3. The van der Waals surface area contributed by atoms with E-state index in [-0.39, 0.29) is 18.1 Å². The maximum absolute atomic E-state index is 14.2. The molecule has 1 aromatic heterocycles. The number of rotatable bonds is 20. The number of pyridine rings is 1. The second-order valence-electron chi connectivity index (χ2n) is 9.93. The van der Waals surface area contributed by atoms with Crippen LogP contribution in [0.3, 0.4) is 0 Å². The summed E-state index contributed by atoms with van der Waals surface area (Å²) in [7, 11) is 0. The smallest absolute Gasteiger partial charge is 0.222 e. The van der Waals surface area contributed by atoms with E-state index in [1.807, 2.05) is 30.3 Å². The maximum atomic E-state index is 14.2. The molecule has 0 spiro atoms. The summed E-state index contributed by atoms with van der Waals surface area (Å²) in [6.07, 6.45) is 8.46. The van der Waals surface area contributed by atoms with E-state index < -0.39 is 12.0 Å². The Labute approximate surface area is 232 Å². The van der Waals surface area contributed by atoms with Crippen molar-refractivity contribution in [2.75, 3.05) is 26.2 Å². The van der Waals surface area contributed by atoms with Crippen molar-refractivity contribution in [2.24, 2.45) is 5.73 Å². The van der Waals surface area contributed by atoms with E-state index >= 15 is 0 Å². The van der Waals surface area contributed by atoms with E-state index in [4.69, 9.17) is 10.5 Å². The molecule has 39 heavy (non-hydrogen) atoms. The fraction of sp³-hybridized carbons (Fsp3) is 0.567. The van der Waals surface area contributed by atoms with E-state index in [0.29, 0.717) is 64.2 Å². The predicted octanol–water partition coefficient (Wildman–Crippen LogP) is 3.92. The molecule has 1 heterocycles. The van der Waals surface area contributed by atoms with E-state index in [2.05, 4.69) is 23.3 Å². The van der Waals surface area contributed by atoms with Gasteiger partial charge in [0.15, 0.2) is 0 Å². The summed E-state index contributed by atoms with van der Waals surface area (Å²) in [5, 5.41) is 13.6. The fourth-order valence-electron chi connectivity index (χ4n) is 4.30. The Morgan fingerprint density at radius 2 is 1.85 bits per heavy atom. The Hall–Kier alpha value is -3.04. The molecule has 0 radical (unpaired) electrons. The predicted molar refractivity (Wildman–Crippen MR) is 151 cm³/mol. The molecule has 0 bridgehead atoms. The number of nitrogens with one attached hydrogen (secondary N) is 1. The van der Waals surface area contributed by atoms with Gasteiger partial charge in [0.1, 0.15) is 11.6 Å². The number of aliphatic hydroxyl groups is 1. The van der Waals surface area contributed by atoms with Crippen LogP contribution in [0.4, 0.5) is 4.39 Å². The van der Waals surface area contributed by atoms with Crippen molar-refractivity contribution in [2.45, 2.75) is 84.3 Å². The zero-order valence-electron chi connectivity index (χ0n) is 23.5. The number of carbonyl (C=O) groups is 2. The number of aryl methyl sites for hydroxylation is 2. The lowest BCUT2D eigenvalue weighted by Crippen LogP contribution is -2.32. The first-order valence-corrected chi connectivity index (χ1v) is 14.1. The van der Waals surface area contributed by atoms with Gasteiger partial charge >= 0.3 is 0 Å². The Kier molecular flexibility index (Phi) is 15.1. The summed E-state index contributed by atoms with van der Waals surface area (Å²) >= 11 is 0. The Morgan fingerprint density at radius 3 is 2.59 bits per heavy atom. The first kappa shape index (κ1) is 32.2. The third-order valence-corrected chi connectivity index (χ3v) is 6.42. The van der Waals surface area contributed by atoms with E-state index in [0.717, 1.165) is 36.8 Å². The number of amides is 2. The molecule has 0 aliphatic heterocycles. The molecule has 2 amide bonds. The largest absolute Gasteiger partial charge is 0.493 e. The van der Waals surface area contributed by atoms with Crippen LogP contribution >= 0.6 is 0 Å². The van der Waals surface area contributed by atoms with Gasteiger partial charge < -0.3 is 25.8 Å². The van der Waals surface area contributed by atoms with Crippen LogP contribution < -0.4 is 15.8 Å². The Bertz CT molecular complexity index is 1020.